The van der Waals surface area contributed by atoms with Gasteiger partial charge in [-0.15, -0.1) is 0 Å². The van der Waals surface area contributed by atoms with Crippen molar-refractivity contribution in [3.05, 3.63) is 72.4 Å². The average molecular weight is 454 g/mol. The molecule has 7 nitrogen and oxygen atoms in total. The van der Waals surface area contributed by atoms with Crippen molar-refractivity contribution in [2.24, 2.45) is 16.9 Å². The number of hydrogen-bond donors (Lipinski definition) is 1. The SMILES string of the molecule is O=C(c1ccc(N2N=CC3CC=CCC3C2=O)cc1)N1CCN(c2cccc3[nH]ccc23)CC1. The van der Waals surface area contributed by atoms with Gasteiger partial charge in [-0.2, -0.15) is 5.10 Å². The molecule has 6 rings (SSSR count). The first-order valence-electron chi connectivity index (χ1n) is 11.9. The number of piperazine rings is 1. The number of amides is 2. The zero-order valence-corrected chi connectivity index (χ0v) is 18.9. The maximum atomic E-state index is 13.1. The van der Waals surface area contributed by atoms with Crippen molar-refractivity contribution in [1.82, 2.24) is 9.88 Å². The fourth-order valence-corrected chi connectivity index (χ4v) is 5.27. The number of allylic oxidation sites excluding steroid dienone is 2. The molecule has 2 atom stereocenters. The van der Waals surface area contributed by atoms with Gasteiger partial charge >= 0.3 is 0 Å². The minimum atomic E-state index is -0.0442. The number of anilines is 2. The number of hydrogen-bond acceptors (Lipinski definition) is 4. The van der Waals surface area contributed by atoms with E-state index in [9.17, 15) is 9.59 Å². The Kier molecular flexibility index (Phi) is 5.17. The van der Waals surface area contributed by atoms with Gasteiger partial charge in [-0.25, -0.2) is 5.01 Å². The van der Waals surface area contributed by atoms with Crippen LogP contribution in [-0.4, -0.2) is 54.1 Å². The third kappa shape index (κ3) is 3.57. The highest BCUT2D eigenvalue weighted by molar-refractivity contribution is 6.00. The molecular weight excluding hydrogens is 426 g/mol. The molecule has 34 heavy (non-hydrogen) atoms. The van der Waals surface area contributed by atoms with Gasteiger partial charge in [-0.1, -0.05) is 18.2 Å². The molecule has 2 unspecified atom stereocenters. The Hall–Kier alpha value is -3.87. The Morgan fingerprint density at radius 2 is 1.74 bits per heavy atom. The number of fused-ring (bicyclic) bond motifs is 2. The molecule has 7 heteroatoms. The van der Waals surface area contributed by atoms with E-state index in [1.165, 1.54) is 16.1 Å². The molecule has 3 heterocycles. The molecule has 2 aliphatic heterocycles. The molecular formula is C27H27N5O2. The molecule has 0 radical (unpaired) electrons. The highest BCUT2D eigenvalue weighted by Crippen LogP contribution is 2.32. The lowest BCUT2D eigenvalue weighted by Crippen LogP contribution is -2.48. The Morgan fingerprint density at radius 1 is 0.941 bits per heavy atom. The summed E-state index contributed by atoms with van der Waals surface area (Å²) in [4.78, 5) is 33.6. The van der Waals surface area contributed by atoms with Gasteiger partial charge in [0.05, 0.1) is 11.6 Å². The van der Waals surface area contributed by atoms with E-state index in [0.717, 1.165) is 31.4 Å². The van der Waals surface area contributed by atoms with E-state index in [1.807, 2.05) is 29.4 Å². The first kappa shape index (κ1) is 20.7. The van der Waals surface area contributed by atoms with Crippen LogP contribution in [0.15, 0.2) is 72.0 Å². The first-order chi connectivity index (χ1) is 16.7. The molecule has 3 aromatic rings. The van der Waals surface area contributed by atoms with Gasteiger partial charge in [-0.3, -0.25) is 9.59 Å². The van der Waals surface area contributed by atoms with Crippen LogP contribution in [0.3, 0.4) is 0 Å². The van der Waals surface area contributed by atoms with Crippen LogP contribution < -0.4 is 9.91 Å². The lowest BCUT2D eigenvalue weighted by Gasteiger charge is -2.36. The summed E-state index contributed by atoms with van der Waals surface area (Å²) < 4.78 is 0. The van der Waals surface area contributed by atoms with E-state index in [4.69, 9.17) is 0 Å². The topological polar surface area (TPSA) is 72.0 Å². The summed E-state index contributed by atoms with van der Waals surface area (Å²) in [7, 11) is 0. The quantitative estimate of drug-likeness (QED) is 0.609. The van der Waals surface area contributed by atoms with Crippen molar-refractivity contribution in [1.29, 1.82) is 0 Å². The van der Waals surface area contributed by atoms with Crippen LogP contribution in [0.5, 0.6) is 0 Å². The van der Waals surface area contributed by atoms with Crippen molar-refractivity contribution in [2.45, 2.75) is 12.8 Å². The fraction of sp³-hybridized carbons (Fsp3) is 0.296. The largest absolute Gasteiger partial charge is 0.367 e. The maximum Gasteiger partial charge on any atom is 0.253 e. The zero-order valence-electron chi connectivity index (χ0n) is 18.9. The number of nitrogens with one attached hydrogen (secondary N) is 1. The van der Waals surface area contributed by atoms with E-state index < -0.39 is 0 Å². The summed E-state index contributed by atoms with van der Waals surface area (Å²) in [5.41, 5.74) is 3.67. The molecule has 2 amide bonds. The van der Waals surface area contributed by atoms with Crippen LogP contribution in [0, 0.1) is 11.8 Å². The molecule has 1 aliphatic carbocycles. The molecule has 2 aromatic carbocycles. The third-order valence-electron chi connectivity index (χ3n) is 7.22. The van der Waals surface area contributed by atoms with Crippen LogP contribution in [-0.2, 0) is 4.79 Å². The van der Waals surface area contributed by atoms with E-state index in [0.29, 0.717) is 24.3 Å². The van der Waals surface area contributed by atoms with Crippen LogP contribution in [0.25, 0.3) is 10.9 Å². The summed E-state index contributed by atoms with van der Waals surface area (Å²) in [5, 5.41) is 7.10. The number of carbonyl (C=O) groups excluding carboxylic acids is 2. The van der Waals surface area contributed by atoms with Crippen molar-refractivity contribution in [3.63, 3.8) is 0 Å². The third-order valence-corrected chi connectivity index (χ3v) is 7.22. The Balaban J connectivity index is 1.12. The van der Waals surface area contributed by atoms with Crippen LogP contribution in [0.4, 0.5) is 11.4 Å². The van der Waals surface area contributed by atoms with Crippen molar-refractivity contribution < 1.29 is 9.59 Å². The molecule has 1 fully saturated rings. The standard InChI is InChI=1S/C27H27N5O2/c33-26(31-16-14-30(15-17-31)25-7-3-6-24-23(25)12-13-28-24)19-8-10-21(11-9-19)32-27(34)22-5-2-1-4-20(22)18-29-32/h1-3,6-13,18,20,22,28H,4-5,14-17H2. The number of aromatic amines is 1. The predicted molar refractivity (Wildman–Crippen MR) is 134 cm³/mol. The number of carbonyl (C=O) groups is 2. The summed E-state index contributed by atoms with van der Waals surface area (Å²) in [6.07, 6.45) is 9.68. The smallest absolute Gasteiger partial charge is 0.253 e. The number of hydrazone groups is 1. The number of benzene rings is 2. The molecule has 172 valence electrons. The molecule has 1 saturated heterocycles. The van der Waals surface area contributed by atoms with Crippen LogP contribution >= 0.6 is 0 Å². The number of H-pyrrole nitrogens is 1. The lowest BCUT2D eigenvalue weighted by atomic mass is 9.82. The van der Waals surface area contributed by atoms with Gasteiger partial charge in [0.1, 0.15) is 0 Å². The number of rotatable bonds is 3. The highest BCUT2D eigenvalue weighted by Gasteiger charge is 2.35. The van der Waals surface area contributed by atoms with Crippen molar-refractivity contribution in [3.8, 4) is 0 Å². The second kappa shape index (κ2) is 8.48. The van der Waals surface area contributed by atoms with Crippen LogP contribution in [0.1, 0.15) is 23.2 Å². The lowest BCUT2D eigenvalue weighted by molar-refractivity contribution is -0.123. The zero-order chi connectivity index (χ0) is 23.1. The second-order valence-electron chi connectivity index (χ2n) is 9.17. The summed E-state index contributed by atoms with van der Waals surface area (Å²) in [6.45, 7) is 2.93. The van der Waals surface area contributed by atoms with E-state index in [1.54, 1.807) is 12.1 Å². The normalized spacial score (nSPS) is 22.4. The molecule has 0 bridgehead atoms. The Morgan fingerprint density at radius 3 is 2.56 bits per heavy atom. The maximum absolute atomic E-state index is 13.1. The Bertz CT molecular complexity index is 1280. The molecule has 0 saturated carbocycles. The summed E-state index contributed by atoms with van der Waals surface area (Å²) >= 11 is 0. The molecule has 3 aliphatic rings. The van der Waals surface area contributed by atoms with E-state index >= 15 is 0 Å². The fourth-order valence-electron chi connectivity index (χ4n) is 5.27. The minimum absolute atomic E-state index is 0.0250. The van der Waals surface area contributed by atoms with E-state index in [2.05, 4.69) is 51.4 Å². The van der Waals surface area contributed by atoms with Gasteiger partial charge in [-0.05, 0) is 55.3 Å². The molecule has 1 N–H and O–H groups in total. The summed E-state index contributed by atoms with van der Waals surface area (Å²) in [6, 6.07) is 15.6. The molecule has 0 spiro atoms. The monoisotopic (exact) mass is 453 g/mol. The first-order valence-corrected chi connectivity index (χ1v) is 11.9. The summed E-state index contributed by atoms with van der Waals surface area (Å²) in [5.74, 6) is 0.205. The second-order valence-corrected chi connectivity index (χ2v) is 9.17. The average Bonchev–Trinajstić information content (AvgIpc) is 3.38. The van der Waals surface area contributed by atoms with E-state index in [-0.39, 0.29) is 23.7 Å². The van der Waals surface area contributed by atoms with Gasteiger partial charge < -0.3 is 14.8 Å². The molecule has 1 aromatic heterocycles. The minimum Gasteiger partial charge on any atom is -0.367 e. The number of nitrogens with zero attached hydrogens (tertiary/aromatic N) is 4. The number of aromatic nitrogens is 1. The van der Waals surface area contributed by atoms with Crippen LogP contribution in [0.2, 0.25) is 0 Å². The Labute approximate surface area is 198 Å². The predicted octanol–water partition coefficient (Wildman–Crippen LogP) is 4.05. The van der Waals surface area contributed by atoms with Gasteiger partial charge in [0.25, 0.3) is 11.8 Å². The van der Waals surface area contributed by atoms with Gasteiger partial charge in [0.2, 0.25) is 0 Å². The van der Waals surface area contributed by atoms with Crippen molar-refractivity contribution >= 4 is 40.3 Å². The van der Waals surface area contributed by atoms with Gasteiger partial charge in [0, 0.05) is 66.7 Å². The van der Waals surface area contributed by atoms with Gasteiger partial charge in [0.15, 0.2) is 0 Å². The highest BCUT2D eigenvalue weighted by atomic mass is 16.2. The van der Waals surface area contributed by atoms with Crippen molar-refractivity contribution in [2.75, 3.05) is 36.1 Å².